The summed E-state index contributed by atoms with van der Waals surface area (Å²) in [6.07, 6.45) is 1.70. The van der Waals surface area contributed by atoms with E-state index in [0.29, 0.717) is 36.5 Å². The van der Waals surface area contributed by atoms with E-state index in [9.17, 15) is 9.90 Å². The average Bonchev–Trinajstić information content (AvgIpc) is 2.66. The molecule has 1 fully saturated rings. The molecule has 1 saturated heterocycles. The Morgan fingerprint density at radius 3 is 2.96 bits per heavy atom. The quantitative estimate of drug-likeness (QED) is 0.672. The Hall–Kier alpha value is -2.35. The number of anilines is 1. The molecule has 2 heterocycles. The van der Waals surface area contributed by atoms with Crippen LogP contribution < -0.4 is 15.8 Å². The number of carbonyl (C=O) groups excluding carboxylic acids is 1. The number of nitrogens with zero attached hydrogens (tertiary/aromatic N) is 2. The van der Waals surface area contributed by atoms with Crippen LogP contribution in [0.2, 0.25) is 5.02 Å². The van der Waals surface area contributed by atoms with E-state index in [1.165, 1.54) is 19.2 Å². The van der Waals surface area contributed by atoms with Crippen molar-refractivity contribution in [2.24, 2.45) is 0 Å². The summed E-state index contributed by atoms with van der Waals surface area (Å²) in [4.78, 5) is 19.1. The van der Waals surface area contributed by atoms with Crippen LogP contribution in [-0.2, 0) is 6.54 Å². The van der Waals surface area contributed by atoms with E-state index in [4.69, 9.17) is 22.1 Å². The minimum atomic E-state index is -0.679. The van der Waals surface area contributed by atoms with E-state index in [1.807, 2.05) is 18.2 Å². The van der Waals surface area contributed by atoms with Crippen molar-refractivity contribution < 1.29 is 14.6 Å². The molecular weight excluding hydrogens is 368 g/mol. The maximum Gasteiger partial charge on any atom is 0.255 e. The molecule has 4 N–H and O–H groups in total. The van der Waals surface area contributed by atoms with E-state index in [-0.39, 0.29) is 17.0 Å². The Morgan fingerprint density at radius 1 is 1.48 bits per heavy atom. The van der Waals surface area contributed by atoms with Gasteiger partial charge in [0.1, 0.15) is 5.75 Å². The number of nitrogen functional groups attached to an aromatic ring is 1. The van der Waals surface area contributed by atoms with Gasteiger partial charge in [0.25, 0.3) is 5.91 Å². The zero-order valence-corrected chi connectivity index (χ0v) is 15.8. The first kappa shape index (κ1) is 19.4. The Morgan fingerprint density at radius 2 is 2.30 bits per heavy atom. The number of β-amino-alcohol motifs (C(OH)–C–C–N with tert-alkyl or cyclic N) is 1. The molecule has 1 aliphatic rings. The molecule has 0 radical (unpaired) electrons. The van der Waals surface area contributed by atoms with Gasteiger partial charge in [0.2, 0.25) is 0 Å². The summed E-state index contributed by atoms with van der Waals surface area (Å²) in [5, 5.41) is 13.6. The number of amides is 1. The van der Waals surface area contributed by atoms with Gasteiger partial charge in [-0.25, -0.2) is 0 Å². The van der Waals surface area contributed by atoms with Gasteiger partial charge < -0.3 is 20.9 Å². The van der Waals surface area contributed by atoms with Gasteiger partial charge in [-0.05, 0) is 24.6 Å². The molecule has 2 aromatic rings. The maximum absolute atomic E-state index is 12.6. The molecule has 0 aliphatic carbocycles. The molecule has 3 rings (SSSR count). The molecule has 0 bridgehead atoms. The highest BCUT2D eigenvalue weighted by atomic mass is 35.5. The number of hydrogen-bond donors (Lipinski definition) is 3. The van der Waals surface area contributed by atoms with E-state index in [1.54, 1.807) is 6.20 Å². The summed E-state index contributed by atoms with van der Waals surface area (Å²) in [7, 11) is 1.46. The largest absolute Gasteiger partial charge is 0.496 e. The number of pyridine rings is 1. The summed E-state index contributed by atoms with van der Waals surface area (Å²) >= 11 is 6.03. The normalized spacial score (nSPS) is 20.3. The van der Waals surface area contributed by atoms with Gasteiger partial charge in [-0.1, -0.05) is 17.7 Å². The Kier molecular flexibility index (Phi) is 6.15. The summed E-state index contributed by atoms with van der Waals surface area (Å²) < 4.78 is 5.22. The van der Waals surface area contributed by atoms with Gasteiger partial charge in [0.05, 0.1) is 41.2 Å². The van der Waals surface area contributed by atoms with Gasteiger partial charge >= 0.3 is 0 Å². The number of hydrogen-bond acceptors (Lipinski definition) is 6. The number of halogens is 1. The second kappa shape index (κ2) is 8.56. The molecule has 1 amide bonds. The van der Waals surface area contributed by atoms with Crippen LogP contribution in [-0.4, -0.2) is 53.2 Å². The first-order valence-corrected chi connectivity index (χ1v) is 9.10. The van der Waals surface area contributed by atoms with Crippen molar-refractivity contribution in [2.45, 2.75) is 25.1 Å². The second-order valence-electron chi connectivity index (χ2n) is 6.57. The van der Waals surface area contributed by atoms with Gasteiger partial charge in [-0.2, -0.15) is 0 Å². The van der Waals surface area contributed by atoms with Crippen LogP contribution in [0, 0.1) is 0 Å². The number of aliphatic hydroxyl groups excluding tert-OH is 1. The molecule has 0 spiro atoms. The summed E-state index contributed by atoms with van der Waals surface area (Å²) in [6, 6.07) is 8.42. The molecule has 27 heavy (non-hydrogen) atoms. The van der Waals surface area contributed by atoms with E-state index in [0.717, 1.165) is 12.2 Å². The van der Waals surface area contributed by atoms with Crippen LogP contribution in [0.3, 0.4) is 0 Å². The number of piperidine rings is 1. The molecule has 2 atom stereocenters. The fourth-order valence-corrected chi connectivity index (χ4v) is 3.36. The van der Waals surface area contributed by atoms with Gasteiger partial charge in [-0.3, -0.25) is 14.7 Å². The van der Waals surface area contributed by atoms with E-state index in [2.05, 4.69) is 15.2 Å². The van der Waals surface area contributed by atoms with Crippen molar-refractivity contribution in [1.29, 1.82) is 0 Å². The smallest absolute Gasteiger partial charge is 0.255 e. The highest BCUT2D eigenvalue weighted by Gasteiger charge is 2.30. The fraction of sp³-hybridized carbons (Fsp3) is 0.368. The third kappa shape index (κ3) is 4.68. The number of nitrogens with two attached hydrogens (primary N) is 1. The third-order valence-electron chi connectivity index (χ3n) is 4.66. The van der Waals surface area contributed by atoms with E-state index >= 15 is 0 Å². The lowest BCUT2D eigenvalue weighted by Gasteiger charge is -2.36. The van der Waals surface area contributed by atoms with Gasteiger partial charge in [0.15, 0.2) is 0 Å². The molecule has 0 unspecified atom stereocenters. The first-order valence-electron chi connectivity index (χ1n) is 8.72. The molecule has 8 heteroatoms. The summed E-state index contributed by atoms with van der Waals surface area (Å²) in [5.74, 6) is -0.00699. The number of likely N-dealkylation sites (tertiary alicyclic amines) is 1. The second-order valence-corrected chi connectivity index (χ2v) is 6.97. The Labute approximate surface area is 163 Å². The molecule has 1 aliphatic heterocycles. The minimum absolute atomic E-state index is 0.284. The topological polar surface area (TPSA) is 101 Å². The minimum Gasteiger partial charge on any atom is -0.496 e. The predicted octanol–water partition coefficient (Wildman–Crippen LogP) is 1.69. The van der Waals surface area contributed by atoms with Crippen molar-refractivity contribution in [1.82, 2.24) is 15.2 Å². The van der Waals surface area contributed by atoms with Crippen LogP contribution >= 0.6 is 11.6 Å². The Balaban J connectivity index is 1.62. The summed E-state index contributed by atoms with van der Waals surface area (Å²) in [6.45, 7) is 1.87. The van der Waals surface area contributed by atoms with Crippen LogP contribution in [0.4, 0.5) is 5.69 Å². The monoisotopic (exact) mass is 390 g/mol. The molecule has 0 saturated carbocycles. The van der Waals surface area contributed by atoms with Crippen molar-refractivity contribution in [3.63, 3.8) is 0 Å². The molecule has 1 aromatic carbocycles. The van der Waals surface area contributed by atoms with Gasteiger partial charge in [-0.15, -0.1) is 0 Å². The molecular formula is C19H23ClN4O3. The fourth-order valence-electron chi connectivity index (χ4n) is 3.19. The zero-order valence-electron chi connectivity index (χ0n) is 15.1. The number of rotatable bonds is 5. The standard InChI is InChI=1S/C19H23ClN4O3/c1-27-18-9-15(21)14(20)8-13(18)19(26)23-16-5-7-24(11-17(16)25)10-12-4-2-3-6-22-12/h2-4,6,8-9,16-17,25H,5,7,10-11,21H2,1H3,(H,23,26)/t16-,17+/m1/s1. The maximum atomic E-state index is 12.6. The SMILES string of the molecule is COc1cc(N)c(Cl)cc1C(=O)N[C@@H]1CCN(Cc2ccccn2)C[C@@H]1O. The average molecular weight is 391 g/mol. The van der Waals surface area contributed by atoms with Crippen LogP contribution in [0.5, 0.6) is 5.75 Å². The highest BCUT2D eigenvalue weighted by molar-refractivity contribution is 6.33. The number of benzene rings is 1. The lowest BCUT2D eigenvalue weighted by molar-refractivity contribution is 0.0344. The number of nitrogens with one attached hydrogen (secondary N) is 1. The molecule has 7 nitrogen and oxygen atoms in total. The van der Waals surface area contributed by atoms with Crippen molar-refractivity contribution >= 4 is 23.2 Å². The Bertz CT molecular complexity index is 803. The summed E-state index contributed by atoms with van der Waals surface area (Å²) in [5.41, 5.74) is 7.34. The zero-order chi connectivity index (χ0) is 19.4. The van der Waals surface area contributed by atoms with Crippen LogP contribution in [0.25, 0.3) is 0 Å². The van der Waals surface area contributed by atoms with Crippen LogP contribution in [0.1, 0.15) is 22.5 Å². The number of methoxy groups -OCH3 is 1. The number of carbonyl (C=O) groups is 1. The third-order valence-corrected chi connectivity index (χ3v) is 4.99. The van der Waals surface area contributed by atoms with Crippen molar-refractivity contribution in [3.8, 4) is 5.75 Å². The van der Waals surface area contributed by atoms with Crippen LogP contribution in [0.15, 0.2) is 36.5 Å². The van der Waals surface area contributed by atoms with Gasteiger partial charge in [0, 0.05) is 31.9 Å². The molecule has 1 aromatic heterocycles. The lowest BCUT2D eigenvalue weighted by atomic mass is 10.0. The van der Waals surface area contributed by atoms with Crippen molar-refractivity contribution in [3.05, 3.63) is 52.8 Å². The molecule has 144 valence electrons. The lowest BCUT2D eigenvalue weighted by Crippen LogP contribution is -2.53. The first-order chi connectivity index (χ1) is 13.0. The van der Waals surface area contributed by atoms with Crippen molar-refractivity contribution in [2.75, 3.05) is 25.9 Å². The highest BCUT2D eigenvalue weighted by Crippen LogP contribution is 2.29. The van der Waals surface area contributed by atoms with E-state index < -0.39 is 6.10 Å². The number of aliphatic hydroxyl groups is 1. The predicted molar refractivity (Wildman–Crippen MR) is 104 cm³/mol. The number of ether oxygens (including phenoxy) is 1. The number of aromatic nitrogens is 1.